The van der Waals surface area contributed by atoms with Gasteiger partial charge in [-0.25, -0.2) is 4.79 Å². The molecular weight excluding hydrogens is 384 g/mol. The number of carbonyl (C=O) groups is 1. The van der Waals surface area contributed by atoms with Crippen LogP contribution in [0.4, 0.5) is 16.2 Å². The number of nitrogens with zero attached hydrogens (tertiary/aromatic N) is 2. The Morgan fingerprint density at radius 1 is 0.839 bits per heavy atom. The smallest absolute Gasteiger partial charge is 0.329 e. The van der Waals surface area contributed by atoms with E-state index in [4.69, 9.17) is 4.74 Å². The zero-order chi connectivity index (χ0) is 22.1. The first-order chi connectivity index (χ1) is 15.1. The van der Waals surface area contributed by atoms with Crippen LogP contribution in [0.15, 0.2) is 84.9 Å². The standard InChI is InChI=1S/C27H32N2O2/c1-4-5-20-28(21-23-12-8-6-9-13-23)27(30)29(24-14-10-7-11-15-24)25-16-18-26(19-17-25)31-22(2)3/h6-19,22H,4-5,20-21H2,1-3H3. The van der Waals surface area contributed by atoms with Gasteiger partial charge in [0.05, 0.1) is 17.5 Å². The Labute approximate surface area is 186 Å². The zero-order valence-electron chi connectivity index (χ0n) is 18.7. The molecule has 0 atom stereocenters. The number of unbranched alkanes of at least 4 members (excludes halogenated alkanes) is 1. The van der Waals surface area contributed by atoms with Gasteiger partial charge in [-0.1, -0.05) is 61.9 Å². The highest BCUT2D eigenvalue weighted by atomic mass is 16.5. The summed E-state index contributed by atoms with van der Waals surface area (Å²) in [7, 11) is 0. The first-order valence-electron chi connectivity index (χ1n) is 11.0. The number of carbonyl (C=O) groups excluding carboxylic acids is 1. The highest BCUT2D eigenvalue weighted by molar-refractivity contribution is 5.99. The second-order valence-corrected chi connectivity index (χ2v) is 7.87. The molecule has 0 fully saturated rings. The summed E-state index contributed by atoms with van der Waals surface area (Å²) in [6.07, 6.45) is 2.10. The topological polar surface area (TPSA) is 32.8 Å². The SMILES string of the molecule is CCCCN(Cc1ccccc1)C(=O)N(c1ccccc1)c1ccc(OC(C)C)cc1. The summed E-state index contributed by atoms with van der Waals surface area (Å²) in [5.74, 6) is 0.798. The minimum atomic E-state index is -0.0268. The van der Waals surface area contributed by atoms with Gasteiger partial charge in [0.1, 0.15) is 5.75 Å². The van der Waals surface area contributed by atoms with Crippen molar-refractivity contribution in [1.29, 1.82) is 0 Å². The number of rotatable bonds is 9. The Hall–Kier alpha value is -3.27. The van der Waals surface area contributed by atoms with E-state index < -0.39 is 0 Å². The molecule has 31 heavy (non-hydrogen) atoms. The van der Waals surface area contributed by atoms with E-state index in [0.29, 0.717) is 13.1 Å². The molecule has 4 nitrogen and oxygen atoms in total. The number of anilines is 2. The van der Waals surface area contributed by atoms with Crippen LogP contribution in [0.2, 0.25) is 0 Å². The minimum absolute atomic E-state index is 0.0268. The van der Waals surface area contributed by atoms with Crippen LogP contribution < -0.4 is 9.64 Å². The van der Waals surface area contributed by atoms with E-state index in [1.54, 1.807) is 4.90 Å². The Morgan fingerprint density at radius 3 is 2.00 bits per heavy atom. The number of benzene rings is 3. The fraction of sp³-hybridized carbons (Fsp3) is 0.296. The van der Waals surface area contributed by atoms with Crippen molar-refractivity contribution in [3.8, 4) is 5.75 Å². The Morgan fingerprint density at radius 2 is 1.42 bits per heavy atom. The van der Waals surface area contributed by atoms with Gasteiger partial charge in [-0.05, 0) is 62.2 Å². The molecule has 0 saturated heterocycles. The van der Waals surface area contributed by atoms with Gasteiger partial charge in [-0.15, -0.1) is 0 Å². The maximum Gasteiger partial charge on any atom is 0.329 e. The summed E-state index contributed by atoms with van der Waals surface area (Å²) in [6, 6.07) is 27.7. The first-order valence-corrected chi connectivity index (χ1v) is 11.0. The van der Waals surface area contributed by atoms with E-state index in [2.05, 4.69) is 19.1 Å². The highest BCUT2D eigenvalue weighted by Gasteiger charge is 2.24. The zero-order valence-corrected chi connectivity index (χ0v) is 18.7. The molecule has 3 aromatic rings. The lowest BCUT2D eigenvalue weighted by Crippen LogP contribution is -2.41. The van der Waals surface area contributed by atoms with E-state index in [9.17, 15) is 4.79 Å². The second-order valence-electron chi connectivity index (χ2n) is 7.87. The minimum Gasteiger partial charge on any atom is -0.491 e. The van der Waals surface area contributed by atoms with E-state index in [1.807, 2.05) is 91.5 Å². The number of urea groups is 1. The molecule has 0 N–H and O–H groups in total. The number of amides is 2. The molecule has 0 aliphatic carbocycles. The van der Waals surface area contributed by atoms with Crippen molar-refractivity contribution >= 4 is 17.4 Å². The van der Waals surface area contributed by atoms with Crippen LogP contribution in [-0.2, 0) is 6.54 Å². The van der Waals surface area contributed by atoms with Gasteiger partial charge in [-0.2, -0.15) is 0 Å². The summed E-state index contributed by atoms with van der Waals surface area (Å²) in [4.78, 5) is 17.6. The van der Waals surface area contributed by atoms with E-state index in [1.165, 1.54) is 0 Å². The molecule has 0 radical (unpaired) electrons. The molecule has 2 amide bonds. The Bertz CT molecular complexity index is 924. The van der Waals surface area contributed by atoms with Crippen LogP contribution in [0.5, 0.6) is 5.75 Å². The van der Waals surface area contributed by atoms with Crippen molar-refractivity contribution in [3.63, 3.8) is 0 Å². The molecule has 0 spiro atoms. The molecule has 0 unspecified atom stereocenters. The van der Waals surface area contributed by atoms with Crippen molar-refractivity contribution < 1.29 is 9.53 Å². The molecule has 0 bridgehead atoms. The number of ether oxygens (including phenoxy) is 1. The van der Waals surface area contributed by atoms with Gasteiger partial charge in [0.15, 0.2) is 0 Å². The van der Waals surface area contributed by atoms with Crippen molar-refractivity contribution in [1.82, 2.24) is 4.90 Å². The molecule has 3 aromatic carbocycles. The Balaban J connectivity index is 1.93. The summed E-state index contributed by atoms with van der Waals surface area (Å²) in [5.41, 5.74) is 2.79. The van der Waals surface area contributed by atoms with Crippen LogP contribution in [0.3, 0.4) is 0 Å². The third kappa shape index (κ3) is 6.35. The van der Waals surface area contributed by atoms with Crippen molar-refractivity contribution in [2.45, 2.75) is 46.3 Å². The van der Waals surface area contributed by atoms with Gasteiger partial charge in [0.25, 0.3) is 0 Å². The number of hydrogen-bond acceptors (Lipinski definition) is 2. The Kier molecular flexibility index (Phi) is 8.11. The van der Waals surface area contributed by atoms with Crippen LogP contribution in [0.25, 0.3) is 0 Å². The van der Waals surface area contributed by atoms with Crippen molar-refractivity contribution in [2.75, 3.05) is 11.4 Å². The lowest BCUT2D eigenvalue weighted by atomic mass is 10.2. The fourth-order valence-corrected chi connectivity index (χ4v) is 3.43. The lowest BCUT2D eigenvalue weighted by Gasteiger charge is -2.31. The van der Waals surface area contributed by atoms with Gasteiger partial charge in [0, 0.05) is 13.1 Å². The third-order valence-corrected chi connectivity index (χ3v) is 4.94. The molecule has 0 aromatic heterocycles. The van der Waals surface area contributed by atoms with Gasteiger partial charge < -0.3 is 9.64 Å². The van der Waals surface area contributed by atoms with Crippen LogP contribution >= 0.6 is 0 Å². The quantitative estimate of drug-likeness (QED) is 0.375. The molecule has 162 valence electrons. The maximum absolute atomic E-state index is 13.8. The predicted molar refractivity (Wildman–Crippen MR) is 128 cm³/mol. The number of hydrogen-bond donors (Lipinski definition) is 0. The largest absolute Gasteiger partial charge is 0.491 e. The third-order valence-electron chi connectivity index (χ3n) is 4.94. The molecule has 3 rings (SSSR count). The van der Waals surface area contributed by atoms with Crippen molar-refractivity contribution in [3.05, 3.63) is 90.5 Å². The first kappa shape index (κ1) is 22.4. The molecular formula is C27H32N2O2. The molecule has 0 heterocycles. The lowest BCUT2D eigenvalue weighted by molar-refractivity contribution is 0.203. The molecule has 0 aliphatic heterocycles. The number of para-hydroxylation sites is 1. The monoisotopic (exact) mass is 416 g/mol. The van der Waals surface area contributed by atoms with E-state index >= 15 is 0 Å². The van der Waals surface area contributed by atoms with Gasteiger partial charge in [-0.3, -0.25) is 4.90 Å². The van der Waals surface area contributed by atoms with Gasteiger partial charge >= 0.3 is 6.03 Å². The predicted octanol–water partition coefficient (Wildman–Crippen LogP) is 7.03. The fourth-order valence-electron chi connectivity index (χ4n) is 3.43. The average Bonchev–Trinajstić information content (AvgIpc) is 2.79. The van der Waals surface area contributed by atoms with E-state index in [-0.39, 0.29) is 12.1 Å². The van der Waals surface area contributed by atoms with Crippen LogP contribution in [-0.4, -0.2) is 23.6 Å². The summed E-state index contributed by atoms with van der Waals surface area (Å²) < 4.78 is 5.78. The molecule has 4 heteroatoms. The summed E-state index contributed by atoms with van der Waals surface area (Å²) >= 11 is 0. The highest BCUT2D eigenvalue weighted by Crippen LogP contribution is 2.29. The maximum atomic E-state index is 13.8. The summed E-state index contributed by atoms with van der Waals surface area (Å²) in [6.45, 7) is 7.44. The average molecular weight is 417 g/mol. The second kappa shape index (κ2) is 11.2. The van der Waals surface area contributed by atoms with Crippen LogP contribution in [0.1, 0.15) is 39.2 Å². The van der Waals surface area contributed by atoms with Crippen molar-refractivity contribution in [2.24, 2.45) is 0 Å². The van der Waals surface area contributed by atoms with E-state index in [0.717, 1.165) is 35.5 Å². The molecule has 0 aliphatic rings. The summed E-state index contributed by atoms with van der Waals surface area (Å²) in [5, 5.41) is 0. The van der Waals surface area contributed by atoms with Crippen LogP contribution in [0, 0.1) is 0 Å². The van der Waals surface area contributed by atoms with Gasteiger partial charge in [0.2, 0.25) is 0 Å². The normalized spacial score (nSPS) is 10.7. The molecule has 0 saturated carbocycles.